The fourth-order valence-electron chi connectivity index (χ4n) is 2.33. The monoisotopic (exact) mass is 289 g/mol. The third-order valence-corrected chi connectivity index (χ3v) is 3.34. The van der Waals surface area contributed by atoms with E-state index in [0.29, 0.717) is 11.8 Å². The first kappa shape index (κ1) is 15.4. The Balaban J connectivity index is 2.21. The van der Waals surface area contributed by atoms with Crippen LogP contribution in [0.4, 0.5) is 0 Å². The van der Waals surface area contributed by atoms with Crippen molar-refractivity contribution in [3.05, 3.63) is 36.0 Å². The van der Waals surface area contributed by atoms with Gasteiger partial charge in [-0.2, -0.15) is 5.10 Å². The summed E-state index contributed by atoms with van der Waals surface area (Å²) in [6.45, 7) is 5.21. The Morgan fingerprint density at radius 2 is 2.14 bits per heavy atom. The minimum Gasteiger partial charge on any atom is -0.481 e. The molecule has 2 aromatic rings. The lowest BCUT2D eigenvalue weighted by Crippen LogP contribution is -2.22. The quantitative estimate of drug-likeness (QED) is 0.842. The van der Waals surface area contributed by atoms with Crippen molar-refractivity contribution in [2.24, 2.45) is 5.92 Å². The Morgan fingerprint density at radius 1 is 1.33 bits per heavy atom. The number of ether oxygens (including phenoxy) is 1. The maximum atomic E-state index is 5.35. The van der Waals surface area contributed by atoms with Gasteiger partial charge in [0.15, 0.2) is 0 Å². The van der Waals surface area contributed by atoms with Gasteiger partial charge in [0.25, 0.3) is 0 Å². The van der Waals surface area contributed by atoms with Crippen molar-refractivity contribution < 1.29 is 4.74 Å². The molecule has 1 atom stereocenters. The lowest BCUT2D eigenvalue weighted by atomic mass is 10.0. The average molecular weight is 289 g/mol. The number of hydrogen-bond donors (Lipinski definition) is 1. The van der Waals surface area contributed by atoms with Crippen LogP contribution in [0.25, 0.3) is 0 Å². The smallest absolute Gasteiger partial charge is 0.217 e. The molecule has 0 spiro atoms. The van der Waals surface area contributed by atoms with E-state index >= 15 is 0 Å². The zero-order valence-electron chi connectivity index (χ0n) is 13.1. The first-order valence-electron chi connectivity index (χ1n) is 7.18. The molecular weight excluding hydrogens is 266 g/mol. The third kappa shape index (κ3) is 3.78. The predicted molar refractivity (Wildman–Crippen MR) is 81.2 cm³/mol. The Kier molecular flexibility index (Phi) is 5.27. The summed E-state index contributed by atoms with van der Waals surface area (Å²) < 4.78 is 7.32. The number of aromatic nitrogens is 4. The zero-order chi connectivity index (χ0) is 15.2. The molecule has 2 aromatic heterocycles. The molecule has 2 rings (SSSR count). The van der Waals surface area contributed by atoms with E-state index < -0.39 is 0 Å². The number of nitrogens with zero attached hydrogens (tertiary/aromatic N) is 4. The molecule has 0 aliphatic carbocycles. The maximum absolute atomic E-state index is 5.35. The van der Waals surface area contributed by atoms with Crippen LogP contribution in [0.15, 0.2) is 24.7 Å². The van der Waals surface area contributed by atoms with Gasteiger partial charge < -0.3 is 10.1 Å². The summed E-state index contributed by atoms with van der Waals surface area (Å²) >= 11 is 0. The molecule has 0 radical (unpaired) electrons. The van der Waals surface area contributed by atoms with Gasteiger partial charge in [-0.3, -0.25) is 0 Å². The second kappa shape index (κ2) is 7.17. The highest BCUT2D eigenvalue weighted by atomic mass is 16.5. The second-order valence-corrected chi connectivity index (χ2v) is 5.40. The highest BCUT2D eigenvalue weighted by Crippen LogP contribution is 2.24. The molecule has 21 heavy (non-hydrogen) atoms. The molecule has 0 aliphatic heterocycles. The Morgan fingerprint density at radius 3 is 2.81 bits per heavy atom. The van der Waals surface area contributed by atoms with Crippen molar-refractivity contribution in [3.8, 4) is 5.88 Å². The SMILES string of the molecule is CNC(Cc1ncnn1CC(C)C)c1cccnc1OC. The summed E-state index contributed by atoms with van der Waals surface area (Å²) in [4.78, 5) is 8.65. The van der Waals surface area contributed by atoms with Crippen molar-refractivity contribution in [2.45, 2.75) is 32.9 Å². The van der Waals surface area contributed by atoms with E-state index in [9.17, 15) is 0 Å². The van der Waals surface area contributed by atoms with Gasteiger partial charge in [-0.1, -0.05) is 19.9 Å². The first-order chi connectivity index (χ1) is 10.2. The fraction of sp³-hybridized carbons (Fsp3) is 0.533. The van der Waals surface area contributed by atoms with E-state index in [-0.39, 0.29) is 6.04 Å². The predicted octanol–water partition coefficient (Wildman–Crippen LogP) is 1.84. The van der Waals surface area contributed by atoms with Crippen molar-refractivity contribution in [2.75, 3.05) is 14.2 Å². The normalized spacial score (nSPS) is 12.6. The van der Waals surface area contributed by atoms with Gasteiger partial charge in [0.05, 0.1) is 7.11 Å². The summed E-state index contributed by atoms with van der Waals surface area (Å²) in [5.41, 5.74) is 1.03. The number of rotatable bonds is 7. The molecule has 0 bridgehead atoms. The number of nitrogens with one attached hydrogen (secondary N) is 1. The van der Waals surface area contributed by atoms with E-state index in [4.69, 9.17) is 4.74 Å². The zero-order valence-corrected chi connectivity index (χ0v) is 13.1. The number of hydrogen-bond acceptors (Lipinski definition) is 5. The van der Waals surface area contributed by atoms with Crippen LogP contribution in [0.1, 0.15) is 31.3 Å². The van der Waals surface area contributed by atoms with Crippen molar-refractivity contribution in [3.63, 3.8) is 0 Å². The van der Waals surface area contributed by atoms with E-state index in [1.165, 1.54) is 0 Å². The lowest BCUT2D eigenvalue weighted by molar-refractivity contribution is 0.382. The second-order valence-electron chi connectivity index (χ2n) is 5.40. The molecule has 0 fully saturated rings. The third-order valence-electron chi connectivity index (χ3n) is 3.34. The number of pyridine rings is 1. The maximum Gasteiger partial charge on any atom is 0.217 e. The van der Waals surface area contributed by atoms with Gasteiger partial charge in [0.2, 0.25) is 5.88 Å². The molecule has 0 saturated heterocycles. The van der Waals surface area contributed by atoms with Gasteiger partial charge in [0.1, 0.15) is 12.2 Å². The van der Waals surface area contributed by atoms with Crippen LogP contribution < -0.4 is 10.1 Å². The van der Waals surface area contributed by atoms with Crippen LogP contribution in [0.5, 0.6) is 5.88 Å². The van der Waals surface area contributed by atoms with Crippen LogP contribution in [-0.2, 0) is 13.0 Å². The van der Waals surface area contributed by atoms with Crippen LogP contribution in [-0.4, -0.2) is 33.9 Å². The summed E-state index contributed by atoms with van der Waals surface area (Å²) in [5.74, 6) is 2.15. The van der Waals surface area contributed by atoms with E-state index in [0.717, 1.165) is 24.4 Å². The molecule has 2 heterocycles. The average Bonchev–Trinajstić information content (AvgIpc) is 2.91. The minimum atomic E-state index is 0.0868. The van der Waals surface area contributed by atoms with Gasteiger partial charge >= 0.3 is 0 Å². The van der Waals surface area contributed by atoms with Gasteiger partial charge in [-0.25, -0.2) is 14.6 Å². The summed E-state index contributed by atoms with van der Waals surface area (Å²) in [5, 5.41) is 7.62. The fourth-order valence-corrected chi connectivity index (χ4v) is 2.33. The Bertz CT molecular complexity index is 567. The van der Waals surface area contributed by atoms with Crippen LogP contribution in [0.2, 0.25) is 0 Å². The van der Waals surface area contributed by atoms with Crippen LogP contribution in [0.3, 0.4) is 0 Å². The molecule has 114 valence electrons. The van der Waals surface area contributed by atoms with Gasteiger partial charge in [0, 0.05) is 30.8 Å². The number of likely N-dealkylation sites (N-methyl/N-ethyl adjacent to an activating group) is 1. The van der Waals surface area contributed by atoms with E-state index in [1.54, 1.807) is 19.6 Å². The molecule has 6 nitrogen and oxygen atoms in total. The molecule has 1 N–H and O–H groups in total. The standard InChI is InChI=1S/C15H23N5O/c1-11(2)9-20-14(18-10-19-20)8-13(16-3)12-6-5-7-17-15(12)21-4/h5-7,10-11,13,16H,8-9H2,1-4H3. The summed E-state index contributed by atoms with van der Waals surface area (Å²) in [7, 11) is 3.57. The molecule has 6 heteroatoms. The van der Waals surface area contributed by atoms with E-state index in [1.807, 2.05) is 23.9 Å². The van der Waals surface area contributed by atoms with Gasteiger partial charge in [-0.15, -0.1) is 0 Å². The molecule has 1 unspecified atom stereocenters. The first-order valence-corrected chi connectivity index (χ1v) is 7.18. The topological polar surface area (TPSA) is 64.9 Å². The van der Waals surface area contributed by atoms with Crippen molar-refractivity contribution >= 4 is 0 Å². The minimum absolute atomic E-state index is 0.0868. The highest BCUT2D eigenvalue weighted by molar-refractivity contribution is 5.29. The van der Waals surface area contributed by atoms with Crippen LogP contribution >= 0.6 is 0 Å². The molecule has 0 saturated carbocycles. The largest absolute Gasteiger partial charge is 0.481 e. The molecular formula is C15H23N5O. The number of methoxy groups -OCH3 is 1. The molecule has 0 aliphatic rings. The van der Waals surface area contributed by atoms with Gasteiger partial charge in [-0.05, 0) is 19.0 Å². The summed E-state index contributed by atoms with van der Waals surface area (Å²) in [6, 6.07) is 4.03. The van der Waals surface area contributed by atoms with Crippen LogP contribution in [0, 0.1) is 5.92 Å². The highest BCUT2D eigenvalue weighted by Gasteiger charge is 2.18. The Labute approximate surface area is 125 Å². The van der Waals surface area contributed by atoms with E-state index in [2.05, 4.69) is 34.2 Å². The van der Waals surface area contributed by atoms with Crippen molar-refractivity contribution in [1.82, 2.24) is 25.1 Å². The molecule has 0 aromatic carbocycles. The summed E-state index contributed by atoms with van der Waals surface area (Å²) in [6.07, 6.45) is 4.09. The Hall–Kier alpha value is -1.95. The van der Waals surface area contributed by atoms with Crippen molar-refractivity contribution in [1.29, 1.82) is 0 Å². The lowest BCUT2D eigenvalue weighted by Gasteiger charge is -2.18. The molecule has 0 amide bonds.